The molecule has 4 heteroatoms. The second-order valence-electron chi connectivity index (χ2n) is 4.63. The summed E-state index contributed by atoms with van der Waals surface area (Å²) in [5.74, 6) is 0.783. The first-order valence-corrected chi connectivity index (χ1v) is 6.81. The Balaban J connectivity index is 2.50. The number of carbonyl (C=O) groups is 1. The van der Waals surface area contributed by atoms with Gasteiger partial charge in [0.25, 0.3) is 0 Å². The van der Waals surface area contributed by atoms with Gasteiger partial charge in [0.1, 0.15) is 5.75 Å². The van der Waals surface area contributed by atoms with Crippen LogP contribution in [0.2, 0.25) is 0 Å². The fourth-order valence-corrected chi connectivity index (χ4v) is 2.90. The molecule has 98 valence electrons. The Labute approximate surface area is 116 Å². The Bertz CT molecular complexity index is 476. The fourth-order valence-electron chi connectivity index (χ4n) is 2.36. The number of hydrogen-bond acceptors (Lipinski definition) is 3. The van der Waals surface area contributed by atoms with Gasteiger partial charge in [-0.2, -0.15) is 0 Å². The van der Waals surface area contributed by atoms with Gasteiger partial charge in [-0.25, -0.2) is 0 Å². The molecule has 0 N–H and O–H groups in total. The summed E-state index contributed by atoms with van der Waals surface area (Å²) in [4.78, 5) is 12.6. The summed E-state index contributed by atoms with van der Waals surface area (Å²) in [5, 5.41) is 0. The van der Waals surface area contributed by atoms with Gasteiger partial charge in [-0.15, -0.1) is 0 Å². The van der Waals surface area contributed by atoms with Crippen molar-refractivity contribution in [2.45, 2.75) is 20.3 Å². The van der Waals surface area contributed by atoms with Gasteiger partial charge in [0.05, 0.1) is 19.3 Å². The molecule has 1 heterocycles. The lowest BCUT2D eigenvalue weighted by Crippen LogP contribution is -2.17. The van der Waals surface area contributed by atoms with Gasteiger partial charge in [0.2, 0.25) is 0 Å². The lowest BCUT2D eigenvalue weighted by molar-refractivity contribution is 0.0896. The molecule has 1 aromatic carbocycles. The van der Waals surface area contributed by atoms with E-state index in [0.717, 1.165) is 22.0 Å². The van der Waals surface area contributed by atoms with Crippen molar-refractivity contribution in [3.05, 3.63) is 27.2 Å². The zero-order valence-electron chi connectivity index (χ0n) is 10.9. The third-order valence-corrected chi connectivity index (χ3v) is 4.24. The highest BCUT2D eigenvalue weighted by atomic mass is 79.9. The summed E-state index contributed by atoms with van der Waals surface area (Å²) in [6, 6.07) is 1.98. The standard InChI is InChI=1S/C14H17BrO3/c1-8-6-11(15)9(2)12(14(8)17-3)13(16)10-4-5-18-7-10/h6,10H,4-5,7H2,1-3H3. The highest BCUT2D eigenvalue weighted by Gasteiger charge is 2.29. The number of halogens is 1. The summed E-state index contributed by atoms with van der Waals surface area (Å²) in [6.07, 6.45) is 0.799. The van der Waals surface area contributed by atoms with Crippen LogP contribution in [0.5, 0.6) is 5.75 Å². The van der Waals surface area contributed by atoms with E-state index in [0.29, 0.717) is 24.5 Å². The van der Waals surface area contributed by atoms with E-state index < -0.39 is 0 Å². The van der Waals surface area contributed by atoms with E-state index in [1.165, 1.54) is 0 Å². The monoisotopic (exact) mass is 312 g/mol. The molecule has 18 heavy (non-hydrogen) atoms. The number of aryl methyl sites for hydroxylation is 1. The molecule has 0 aliphatic carbocycles. The lowest BCUT2D eigenvalue weighted by atomic mass is 9.92. The van der Waals surface area contributed by atoms with E-state index in [1.54, 1.807) is 7.11 Å². The molecule has 1 aliphatic heterocycles. The lowest BCUT2D eigenvalue weighted by Gasteiger charge is -2.17. The molecule has 2 rings (SSSR count). The Kier molecular flexibility index (Phi) is 4.07. The number of methoxy groups -OCH3 is 1. The number of ketones is 1. The number of carbonyl (C=O) groups excluding carboxylic acids is 1. The molecular formula is C14H17BrO3. The summed E-state index contributed by atoms with van der Waals surface area (Å²) in [6.45, 7) is 5.08. The fraction of sp³-hybridized carbons (Fsp3) is 0.500. The van der Waals surface area contributed by atoms with Gasteiger partial charge in [0, 0.05) is 17.0 Å². The van der Waals surface area contributed by atoms with Gasteiger partial charge in [-0.05, 0) is 37.5 Å². The van der Waals surface area contributed by atoms with E-state index in [1.807, 2.05) is 19.9 Å². The molecule has 0 amide bonds. The Morgan fingerprint density at radius 1 is 1.50 bits per heavy atom. The summed E-state index contributed by atoms with van der Waals surface area (Å²) in [7, 11) is 1.61. The molecule has 0 aromatic heterocycles. The predicted octanol–water partition coefficient (Wildman–Crippen LogP) is 3.29. The first-order valence-electron chi connectivity index (χ1n) is 6.02. The van der Waals surface area contributed by atoms with E-state index in [-0.39, 0.29) is 11.7 Å². The number of benzene rings is 1. The molecule has 0 bridgehead atoms. The Hall–Kier alpha value is -0.870. The second kappa shape index (κ2) is 5.41. The minimum Gasteiger partial charge on any atom is -0.496 e. The molecule has 0 saturated carbocycles. The van der Waals surface area contributed by atoms with Crippen molar-refractivity contribution in [3.8, 4) is 5.75 Å². The number of ether oxygens (including phenoxy) is 2. The molecule has 1 atom stereocenters. The topological polar surface area (TPSA) is 35.5 Å². The highest BCUT2D eigenvalue weighted by molar-refractivity contribution is 9.10. The molecule has 0 spiro atoms. The maximum Gasteiger partial charge on any atom is 0.172 e. The van der Waals surface area contributed by atoms with Crippen molar-refractivity contribution in [1.29, 1.82) is 0 Å². The van der Waals surface area contributed by atoms with Crippen molar-refractivity contribution >= 4 is 21.7 Å². The first kappa shape index (κ1) is 13.6. The van der Waals surface area contributed by atoms with Crippen LogP contribution in [0.25, 0.3) is 0 Å². The van der Waals surface area contributed by atoms with Crippen LogP contribution < -0.4 is 4.74 Å². The molecule has 1 aliphatic rings. The normalized spacial score (nSPS) is 19.0. The minimum absolute atomic E-state index is 0.0358. The zero-order chi connectivity index (χ0) is 13.3. The van der Waals surface area contributed by atoms with Gasteiger partial charge in [-0.3, -0.25) is 4.79 Å². The summed E-state index contributed by atoms with van der Waals surface area (Å²) >= 11 is 3.50. The Morgan fingerprint density at radius 3 is 2.78 bits per heavy atom. The molecular weight excluding hydrogens is 296 g/mol. The summed E-state index contributed by atoms with van der Waals surface area (Å²) in [5.41, 5.74) is 2.60. The van der Waals surface area contributed by atoms with Gasteiger partial charge in [0.15, 0.2) is 5.78 Å². The maximum absolute atomic E-state index is 12.6. The largest absolute Gasteiger partial charge is 0.496 e. The maximum atomic E-state index is 12.6. The van der Waals surface area contributed by atoms with Crippen LogP contribution in [-0.4, -0.2) is 26.1 Å². The molecule has 1 unspecified atom stereocenters. The van der Waals surface area contributed by atoms with Crippen molar-refractivity contribution in [1.82, 2.24) is 0 Å². The van der Waals surface area contributed by atoms with E-state index in [9.17, 15) is 4.79 Å². The van der Waals surface area contributed by atoms with Crippen LogP contribution in [-0.2, 0) is 4.74 Å². The first-order chi connectivity index (χ1) is 8.56. The van der Waals surface area contributed by atoms with Gasteiger partial charge >= 0.3 is 0 Å². The molecule has 1 fully saturated rings. The molecule has 1 saturated heterocycles. The average Bonchev–Trinajstić information content (AvgIpc) is 2.86. The minimum atomic E-state index is -0.0358. The van der Waals surface area contributed by atoms with Crippen LogP contribution in [0.1, 0.15) is 27.9 Å². The third kappa shape index (κ3) is 2.31. The smallest absolute Gasteiger partial charge is 0.172 e. The van der Waals surface area contributed by atoms with Crippen LogP contribution in [0.3, 0.4) is 0 Å². The van der Waals surface area contributed by atoms with E-state index in [2.05, 4.69) is 15.9 Å². The Morgan fingerprint density at radius 2 is 2.22 bits per heavy atom. The van der Waals surface area contributed by atoms with Gasteiger partial charge < -0.3 is 9.47 Å². The van der Waals surface area contributed by atoms with Crippen molar-refractivity contribution in [3.63, 3.8) is 0 Å². The van der Waals surface area contributed by atoms with Crippen molar-refractivity contribution in [2.24, 2.45) is 5.92 Å². The summed E-state index contributed by atoms with van der Waals surface area (Å²) < 4.78 is 11.7. The average molecular weight is 313 g/mol. The van der Waals surface area contributed by atoms with Crippen LogP contribution in [0.15, 0.2) is 10.5 Å². The number of rotatable bonds is 3. The van der Waals surface area contributed by atoms with Crippen molar-refractivity contribution in [2.75, 3.05) is 20.3 Å². The van der Waals surface area contributed by atoms with E-state index >= 15 is 0 Å². The van der Waals surface area contributed by atoms with Crippen LogP contribution in [0, 0.1) is 19.8 Å². The second-order valence-corrected chi connectivity index (χ2v) is 5.49. The predicted molar refractivity (Wildman–Crippen MR) is 73.4 cm³/mol. The zero-order valence-corrected chi connectivity index (χ0v) is 12.5. The molecule has 0 radical (unpaired) electrons. The van der Waals surface area contributed by atoms with Gasteiger partial charge in [-0.1, -0.05) is 15.9 Å². The van der Waals surface area contributed by atoms with E-state index in [4.69, 9.17) is 9.47 Å². The highest BCUT2D eigenvalue weighted by Crippen LogP contribution is 2.35. The number of hydrogen-bond donors (Lipinski definition) is 0. The van der Waals surface area contributed by atoms with Crippen LogP contribution >= 0.6 is 15.9 Å². The van der Waals surface area contributed by atoms with Crippen LogP contribution in [0.4, 0.5) is 0 Å². The molecule has 1 aromatic rings. The number of Topliss-reactive ketones (excluding diaryl/α,β-unsaturated/α-hetero) is 1. The van der Waals surface area contributed by atoms with Crippen molar-refractivity contribution < 1.29 is 14.3 Å². The third-order valence-electron chi connectivity index (χ3n) is 3.41. The quantitative estimate of drug-likeness (QED) is 0.803. The SMILES string of the molecule is COc1c(C)cc(Br)c(C)c1C(=O)C1CCOC1. The molecule has 3 nitrogen and oxygen atoms in total.